The Morgan fingerprint density at radius 2 is 1.88 bits per heavy atom. The summed E-state index contributed by atoms with van der Waals surface area (Å²) in [5.41, 5.74) is 0.264. The van der Waals surface area contributed by atoms with Crippen LogP contribution in [-0.4, -0.2) is 28.6 Å². The van der Waals surface area contributed by atoms with Gasteiger partial charge in [-0.15, -0.1) is 23.1 Å². The van der Waals surface area contributed by atoms with Crippen molar-refractivity contribution in [3.8, 4) is 11.3 Å². The van der Waals surface area contributed by atoms with Crippen LogP contribution in [0.15, 0.2) is 58.8 Å². The summed E-state index contributed by atoms with van der Waals surface area (Å²) in [6.07, 6.45) is -4.45. The zero-order valence-corrected chi connectivity index (χ0v) is 18.8. The first-order chi connectivity index (χ1) is 15.1. The van der Waals surface area contributed by atoms with Crippen molar-refractivity contribution in [2.45, 2.75) is 31.0 Å². The molecule has 5 nitrogen and oxygen atoms in total. The predicted molar refractivity (Wildman–Crippen MR) is 121 cm³/mol. The summed E-state index contributed by atoms with van der Waals surface area (Å²) >= 11 is 2.36. The second-order valence-corrected chi connectivity index (χ2v) is 8.95. The van der Waals surface area contributed by atoms with Gasteiger partial charge in [0.15, 0.2) is 5.13 Å². The molecule has 0 spiro atoms. The standard InChI is InChI=1S/C22H20F3N3O2S2/c1-13(2)26-19(29)12-31-18-9-4-3-8-16(18)20(30)28-21-27-17(11-32-21)14-6-5-7-15(10-14)22(23,24)25/h3-11,13H,12H2,1-2H3,(H,26,29)(H,27,28,30). The Morgan fingerprint density at radius 1 is 1.12 bits per heavy atom. The number of nitrogens with zero attached hydrogens (tertiary/aromatic N) is 1. The van der Waals surface area contributed by atoms with Gasteiger partial charge in [-0.1, -0.05) is 24.3 Å². The number of carbonyl (C=O) groups excluding carboxylic acids is 2. The summed E-state index contributed by atoms with van der Waals surface area (Å²) in [7, 11) is 0. The van der Waals surface area contributed by atoms with Crippen LogP contribution in [0, 0.1) is 0 Å². The number of amides is 2. The molecule has 0 saturated heterocycles. The van der Waals surface area contributed by atoms with Gasteiger partial charge in [-0.2, -0.15) is 13.2 Å². The highest BCUT2D eigenvalue weighted by atomic mass is 32.2. The molecule has 3 rings (SSSR count). The number of halogens is 3. The van der Waals surface area contributed by atoms with E-state index in [0.29, 0.717) is 21.7 Å². The van der Waals surface area contributed by atoms with Gasteiger partial charge in [0.2, 0.25) is 5.91 Å². The van der Waals surface area contributed by atoms with E-state index in [9.17, 15) is 22.8 Å². The van der Waals surface area contributed by atoms with Gasteiger partial charge in [-0.05, 0) is 38.1 Å². The summed E-state index contributed by atoms with van der Waals surface area (Å²) in [5.74, 6) is -0.382. The van der Waals surface area contributed by atoms with E-state index >= 15 is 0 Å². The smallest absolute Gasteiger partial charge is 0.353 e. The Labute approximate surface area is 191 Å². The van der Waals surface area contributed by atoms with Gasteiger partial charge in [-0.3, -0.25) is 14.9 Å². The molecule has 32 heavy (non-hydrogen) atoms. The Hall–Kier alpha value is -2.85. The van der Waals surface area contributed by atoms with Crippen molar-refractivity contribution < 1.29 is 22.8 Å². The van der Waals surface area contributed by atoms with Gasteiger partial charge in [-0.25, -0.2) is 4.98 Å². The van der Waals surface area contributed by atoms with E-state index in [4.69, 9.17) is 0 Å². The molecule has 0 atom stereocenters. The Morgan fingerprint density at radius 3 is 2.59 bits per heavy atom. The van der Waals surface area contributed by atoms with Crippen LogP contribution in [0.2, 0.25) is 0 Å². The van der Waals surface area contributed by atoms with E-state index in [0.717, 1.165) is 23.5 Å². The summed E-state index contributed by atoms with van der Waals surface area (Å²) < 4.78 is 38.9. The fourth-order valence-corrected chi connectivity index (χ4v) is 4.35. The van der Waals surface area contributed by atoms with Crippen molar-refractivity contribution in [3.63, 3.8) is 0 Å². The first-order valence-electron chi connectivity index (χ1n) is 9.59. The Kier molecular flexibility index (Phi) is 7.57. The summed E-state index contributed by atoms with van der Waals surface area (Å²) in [6.45, 7) is 3.73. The van der Waals surface area contributed by atoms with Gasteiger partial charge < -0.3 is 5.32 Å². The quantitative estimate of drug-likeness (QED) is 0.427. The van der Waals surface area contributed by atoms with Crippen LogP contribution in [0.1, 0.15) is 29.8 Å². The summed E-state index contributed by atoms with van der Waals surface area (Å²) in [4.78, 5) is 29.6. The molecule has 0 fully saturated rings. The first kappa shape index (κ1) is 23.8. The molecule has 0 unspecified atom stereocenters. The molecule has 0 bridgehead atoms. The summed E-state index contributed by atoms with van der Waals surface area (Å²) in [6, 6.07) is 11.8. The number of rotatable bonds is 7. The lowest BCUT2D eigenvalue weighted by Gasteiger charge is -2.10. The van der Waals surface area contributed by atoms with Crippen molar-refractivity contribution in [3.05, 3.63) is 65.0 Å². The van der Waals surface area contributed by atoms with Crippen molar-refractivity contribution in [1.82, 2.24) is 10.3 Å². The maximum absolute atomic E-state index is 13.0. The molecule has 168 valence electrons. The predicted octanol–water partition coefficient (Wildman–Crippen LogP) is 5.70. The molecule has 3 aromatic rings. The van der Waals surface area contributed by atoms with Crippen LogP contribution in [-0.2, 0) is 11.0 Å². The molecule has 1 aromatic heterocycles. The molecule has 0 saturated carbocycles. The lowest BCUT2D eigenvalue weighted by Crippen LogP contribution is -2.31. The number of aromatic nitrogens is 1. The van der Waals surface area contributed by atoms with Crippen molar-refractivity contribution in [2.75, 3.05) is 11.1 Å². The fourth-order valence-electron chi connectivity index (χ4n) is 2.77. The van der Waals surface area contributed by atoms with Gasteiger partial charge >= 0.3 is 6.18 Å². The minimum absolute atomic E-state index is 0.0255. The van der Waals surface area contributed by atoms with Gasteiger partial charge in [0.05, 0.1) is 22.6 Å². The molecule has 0 aliphatic heterocycles. The zero-order chi connectivity index (χ0) is 23.3. The fraction of sp³-hybridized carbons (Fsp3) is 0.227. The van der Waals surface area contributed by atoms with E-state index in [1.54, 1.807) is 29.6 Å². The number of thiazole rings is 1. The second-order valence-electron chi connectivity index (χ2n) is 7.08. The normalized spacial score (nSPS) is 11.4. The Balaban J connectivity index is 1.72. The lowest BCUT2D eigenvalue weighted by atomic mass is 10.1. The number of benzene rings is 2. The molecule has 2 aromatic carbocycles. The van der Waals surface area contributed by atoms with E-state index in [1.165, 1.54) is 23.9 Å². The second kappa shape index (κ2) is 10.2. The van der Waals surface area contributed by atoms with E-state index in [-0.39, 0.29) is 22.8 Å². The van der Waals surface area contributed by atoms with Crippen LogP contribution in [0.5, 0.6) is 0 Å². The molecular weight excluding hydrogens is 459 g/mol. The monoisotopic (exact) mass is 479 g/mol. The minimum atomic E-state index is -4.45. The number of nitrogens with one attached hydrogen (secondary N) is 2. The van der Waals surface area contributed by atoms with E-state index in [1.807, 2.05) is 13.8 Å². The molecule has 10 heteroatoms. The van der Waals surface area contributed by atoms with Gasteiger partial charge in [0.1, 0.15) is 0 Å². The number of alkyl halides is 3. The maximum Gasteiger partial charge on any atom is 0.416 e. The highest BCUT2D eigenvalue weighted by Crippen LogP contribution is 2.33. The minimum Gasteiger partial charge on any atom is -0.353 e. The number of thioether (sulfide) groups is 1. The Bertz CT molecular complexity index is 1110. The third-order valence-corrected chi connectivity index (χ3v) is 5.98. The zero-order valence-electron chi connectivity index (χ0n) is 17.2. The number of hydrogen-bond donors (Lipinski definition) is 2. The van der Waals surface area contributed by atoms with Gasteiger partial charge in [0, 0.05) is 21.9 Å². The van der Waals surface area contributed by atoms with Crippen LogP contribution >= 0.6 is 23.1 Å². The van der Waals surface area contributed by atoms with E-state index in [2.05, 4.69) is 15.6 Å². The maximum atomic E-state index is 13.0. The summed E-state index contributed by atoms with van der Waals surface area (Å²) in [5, 5.41) is 7.33. The first-order valence-corrected chi connectivity index (χ1v) is 11.5. The molecule has 0 aliphatic rings. The van der Waals surface area contributed by atoms with Crippen molar-refractivity contribution in [2.24, 2.45) is 0 Å². The van der Waals surface area contributed by atoms with Crippen molar-refractivity contribution in [1.29, 1.82) is 0 Å². The molecule has 2 amide bonds. The number of anilines is 1. The topological polar surface area (TPSA) is 71.1 Å². The van der Waals surface area contributed by atoms with Crippen molar-refractivity contribution >= 4 is 40.0 Å². The van der Waals surface area contributed by atoms with E-state index < -0.39 is 17.6 Å². The lowest BCUT2D eigenvalue weighted by molar-refractivity contribution is -0.137. The third-order valence-electron chi connectivity index (χ3n) is 4.15. The molecule has 0 aliphatic carbocycles. The molecule has 0 radical (unpaired) electrons. The van der Waals surface area contributed by atoms with Crippen LogP contribution < -0.4 is 10.6 Å². The average Bonchev–Trinajstić information content (AvgIpc) is 3.20. The number of hydrogen-bond acceptors (Lipinski definition) is 5. The van der Waals surface area contributed by atoms with Crippen LogP contribution in [0.4, 0.5) is 18.3 Å². The highest BCUT2D eigenvalue weighted by Gasteiger charge is 2.30. The molecule has 1 heterocycles. The third kappa shape index (κ3) is 6.33. The van der Waals surface area contributed by atoms with Crippen LogP contribution in [0.3, 0.4) is 0 Å². The van der Waals surface area contributed by atoms with Crippen LogP contribution in [0.25, 0.3) is 11.3 Å². The SMILES string of the molecule is CC(C)NC(=O)CSc1ccccc1C(=O)Nc1nc(-c2cccc(C(F)(F)F)c2)cs1. The number of carbonyl (C=O) groups is 2. The van der Waals surface area contributed by atoms with Gasteiger partial charge in [0.25, 0.3) is 5.91 Å². The highest BCUT2D eigenvalue weighted by molar-refractivity contribution is 8.00. The molecule has 2 N–H and O–H groups in total. The largest absolute Gasteiger partial charge is 0.416 e. The average molecular weight is 480 g/mol. The molecular formula is C22H20F3N3O2S2.